The molecule has 178 valence electrons. The molecular weight excluding hydrogens is 472 g/mol. The van der Waals surface area contributed by atoms with Crippen LogP contribution in [-0.4, -0.2) is 33.3 Å². The molecule has 2 aromatic heterocycles. The van der Waals surface area contributed by atoms with Crippen molar-refractivity contribution in [1.29, 1.82) is 0 Å². The summed E-state index contributed by atoms with van der Waals surface area (Å²) in [6.45, 7) is -0.138. The molecule has 1 amide bonds. The number of fused-ring (bicyclic) bond motifs is 2. The summed E-state index contributed by atoms with van der Waals surface area (Å²) in [4.78, 5) is 30.8. The number of rotatable bonds is 5. The normalized spacial score (nSPS) is 15.4. The van der Waals surface area contributed by atoms with Gasteiger partial charge in [-0.25, -0.2) is 9.99 Å². The van der Waals surface area contributed by atoms with Crippen LogP contribution in [0.4, 0.5) is 0 Å². The second kappa shape index (κ2) is 9.05. The van der Waals surface area contributed by atoms with Gasteiger partial charge in [0.25, 0.3) is 11.5 Å². The van der Waals surface area contributed by atoms with Gasteiger partial charge in [-0.3, -0.25) is 14.2 Å². The van der Waals surface area contributed by atoms with Crippen molar-refractivity contribution in [2.45, 2.75) is 19.0 Å². The molecule has 0 saturated heterocycles. The first-order valence-corrected chi connectivity index (χ1v) is 12.4. The van der Waals surface area contributed by atoms with E-state index in [1.165, 1.54) is 27.2 Å². The van der Waals surface area contributed by atoms with Crippen molar-refractivity contribution in [1.82, 2.24) is 14.6 Å². The van der Waals surface area contributed by atoms with E-state index in [4.69, 9.17) is 9.84 Å². The maximum absolute atomic E-state index is 13.5. The number of carbonyl (C=O) groups is 1. The van der Waals surface area contributed by atoms with E-state index >= 15 is 0 Å². The second-order valence-electron chi connectivity index (χ2n) is 8.65. The molecule has 0 N–H and O–H groups in total. The highest BCUT2D eigenvalue weighted by atomic mass is 32.1. The van der Waals surface area contributed by atoms with Gasteiger partial charge in [0, 0.05) is 6.42 Å². The summed E-state index contributed by atoms with van der Waals surface area (Å²) in [7, 11) is 1.62. The van der Waals surface area contributed by atoms with Crippen LogP contribution in [0.5, 0.6) is 5.75 Å². The minimum absolute atomic E-state index is 0.138. The van der Waals surface area contributed by atoms with Crippen molar-refractivity contribution < 1.29 is 9.53 Å². The highest BCUT2D eigenvalue weighted by Gasteiger charge is 2.33. The van der Waals surface area contributed by atoms with Crippen LogP contribution in [0.1, 0.15) is 23.6 Å². The SMILES string of the molecule is COc1ccc([C@@H]2CC(c3ccc4ccccc4c3)=NN2C(=O)Cn2cnc3ccsc3c2=O)cc1. The molecule has 1 atom stereocenters. The largest absolute Gasteiger partial charge is 0.497 e. The summed E-state index contributed by atoms with van der Waals surface area (Å²) in [5.74, 6) is 0.471. The Kier molecular flexibility index (Phi) is 5.58. The van der Waals surface area contributed by atoms with Crippen LogP contribution in [0, 0.1) is 0 Å². The maximum atomic E-state index is 13.5. The van der Waals surface area contributed by atoms with Crippen molar-refractivity contribution in [2.24, 2.45) is 5.10 Å². The Morgan fingerprint density at radius 2 is 1.86 bits per heavy atom. The molecule has 0 aliphatic carbocycles. The lowest BCUT2D eigenvalue weighted by atomic mass is 9.97. The molecule has 3 aromatic carbocycles. The molecule has 0 radical (unpaired) electrons. The lowest BCUT2D eigenvalue weighted by Crippen LogP contribution is -2.33. The van der Waals surface area contributed by atoms with Gasteiger partial charge in [-0.2, -0.15) is 5.10 Å². The van der Waals surface area contributed by atoms with Gasteiger partial charge in [-0.05, 0) is 51.5 Å². The van der Waals surface area contributed by atoms with Crippen LogP contribution in [0.15, 0.2) is 94.4 Å². The van der Waals surface area contributed by atoms with E-state index in [1.807, 2.05) is 47.8 Å². The fraction of sp³-hybridized carbons (Fsp3) is 0.143. The number of hydrazone groups is 1. The summed E-state index contributed by atoms with van der Waals surface area (Å²) >= 11 is 1.33. The monoisotopic (exact) mass is 494 g/mol. The average molecular weight is 495 g/mol. The quantitative estimate of drug-likeness (QED) is 0.345. The van der Waals surface area contributed by atoms with Crippen LogP contribution in [0.3, 0.4) is 0 Å². The molecule has 0 bridgehead atoms. The van der Waals surface area contributed by atoms with Gasteiger partial charge in [0.05, 0.1) is 30.7 Å². The van der Waals surface area contributed by atoms with Crippen molar-refractivity contribution >= 4 is 43.9 Å². The number of amides is 1. The van der Waals surface area contributed by atoms with Gasteiger partial charge in [0.2, 0.25) is 0 Å². The summed E-state index contributed by atoms with van der Waals surface area (Å²) in [5, 5.41) is 10.4. The van der Waals surface area contributed by atoms with Gasteiger partial charge >= 0.3 is 0 Å². The number of ether oxygens (including phenoxy) is 1. The van der Waals surface area contributed by atoms with Crippen molar-refractivity contribution in [2.75, 3.05) is 7.11 Å². The molecule has 36 heavy (non-hydrogen) atoms. The number of hydrogen-bond acceptors (Lipinski definition) is 6. The average Bonchev–Trinajstić information content (AvgIpc) is 3.58. The number of thiophene rings is 1. The fourth-order valence-corrected chi connectivity index (χ4v) is 5.37. The molecule has 7 nitrogen and oxygen atoms in total. The zero-order valence-corrected chi connectivity index (χ0v) is 20.3. The van der Waals surface area contributed by atoms with Gasteiger partial charge in [-0.1, -0.05) is 48.5 Å². The second-order valence-corrected chi connectivity index (χ2v) is 9.57. The lowest BCUT2D eigenvalue weighted by molar-refractivity contribution is -0.133. The number of carbonyl (C=O) groups excluding carboxylic acids is 1. The molecule has 3 heterocycles. The third kappa shape index (κ3) is 3.95. The van der Waals surface area contributed by atoms with Crippen molar-refractivity contribution in [3.05, 3.63) is 106 Å². The van der Waals surface area contributed by atoms with Gasteiger partial charge < -0.3 is 4.74 Å². The first kappa shape index (κ1) is 22.2. The van der Waals surface area contributed by atoms with Crippen LogP contribution in [-0.2, 0) is 11.3 Å². The zero-order chi connectivity index (χ0) is 24.6. The topological polar surface area (TPSA) is 76.8 Å². The van der Waals surface area contributed by atoms with Crippen molar-refractivity contribution in [3.63, 3.8) is 0 Å². The summed E-state index contributed by atoms with van der Waals surface area (Å²) in [5.41, 5.74) is 3.17. The van der Waals surface area contributed by atoms with Crippen LogP contribution >= 0.6 is 11.3 Å². The van der Waals surface area contributed by atoms with E-state index < -0.39 is 0 Å². The number of methoxy groups -OCH3 is 1. The number of nitrogens with zero attached hydrogens (tertiary/aromatic N) is 4. The van der Waals surface area contributed by atoms with Gasteiger partial charge in [-0.15, -0.1) is 11.3 Å². The Bertz CT molecular complexity index is 1690. The van der Waals surface area contributed by atoms with Gasteiger partial charge in [0.1, 0.15) is 17.0 Å². The van der Waals surface area contributed by atoms with E-state index in [0.717, 1.165) is 33.4 Å². The van der Waals surface area contributed by atoms with E-state index in [2.05, 4.69) is 29.2 Å². The standard InChI is InChI=1S/C28H22N4O3S/c1-35-22-10-8-19(9-11-22)25-15-24(21-7-6-18-4-2-3-5-20(18)14-21)30-32(25)26(33)16-31-17-29-23-12-13-36-27(23)28(31)34/h2-14,17,25H,15-16H2,1H3/t25-/m0/s1. The summed E-state index contributed by atoms with van der Waals surface area (Å²) in [6.07, 6.45) is 2.00. The molecule has 6 rings (SSSR count). The van der Waals surface area contributed by atoms with Crippen LogP contribution in [0.2, 0.25) is 0 Å². The molecule has 8 heteroatoms. The Balaban J connectivity index is 1.37. The first-order chi connectivity index (χ1) is 17.6. The van der Waals surface area contributed by atoms with E-state index in [9.17, 15) is 9.59 Å². The highest BCUT2D eigenvalue weighted by Crippen LogP contribution is 2.34. The van der Waals surface area contributed by atoms with E-state index in [1.54, 1.807) is 13.2 Å². The molecule has 1 aliphatic rings. The van der Waals surface area contributed by atoms with Crippen LogP contribution in [0.25, 0.3) is 21.0 Å². The first-order valence-electron chi connectivity index (χ1n) is 11.6. The molecule has 5 aromatic rings. The predicted molar refractivity (Wildman–Crippen MR) is 142 cm³/mol. The maximum Gasteiger partial charge on any atom is 0.271 e. The third-order valence-electron chi connectivity index (χ3n) is 6.49. The smallest absolute Gasteiger partial charge is 0.271 e. The highest BCUT2D eigenvalue weighted by molar-refractivity contribution is 7.17. The summed E-state index contributed by atoms with van der Waals surface area (Å²) < 4.78 is 7.20. The fourth-order valence-electron chi connectivity index (χ4n) is 4.58. The molecule has 0 saturated carbocycles. The Hall–Kier alpha value is -4.30. The number of benzene rings is 3. The molecular formula is C28H22N4O3S. The Morgan fingerprint density at radius 3 is 2.67 bits per heavy atom. The molecule has 0 spiro atoms. The van der Waals surface area contributed by atoms with Gasteiger partial charge in [0.15, 0.2) is 0 Å². The third-order valence-corrected chi connectivity index (χ3v) is 7.38. The minimum Gasteiger partial charge on any atom is -0.497 e. The predicted octanol–water partition coefficient (Wildman–Crippen LogP) is 5.00. The van der Waals surface area contributed by atoms with E-state index in [-0.39, 0.29) is 24.1 Å². The Labute approximate surface area is 210 Å². The number of hydrogen-bond donors (Lipinski definition) is 0. The summed E-state index contributed by atoms with van der Waals surface area (Å²) in [6, 6.07) is 23.5. The molecule has 0 unspecified atom stereocenters. The number of aromatic nitrogens is 2. The zero-order valence-electron chi connectivity index (χ0n) is 19.5. The van der Waals surface area contributed by atoms with E-state index in [0.29, 0.717) is 16.6 Å². The van der Waals surface area contributed by atoms with Crippen molar-refractivity contribution in [3.8, 4) is 5.75 Å². The molecule has 0 fully saturated rings. The lowest BCUT2D eigenvalue weighted by Gasteiger charge is -2.22. The molecule has 1 aliphatic heterocycles. The minimum atomic E-state index is -0.293. The Morgan fingerprint density at radius 1 is 1.06 bits per heavy atom. The van der Waals surface area contributed by atoms with Crippen LogP contribution < -0.4 is 10.3 Å².